The molecular weight excluding hydrogens is 409 g/mol. The van der Waals surface area contributed by atoms with Crippen LogP contribution in [0, 0.1) is 0 Å². The second-order valence-corrected chi connectivity index (χ2v) is 9.28. The van der Waals surface area contributed by atoms with Crippen LogP contribution >= 0.6 is 0 Å². The van der Waals surface area contributed by atoms with Crippen LogP contribution in [0.5, 0.6) is 5.75 Å². The third-order valence-electron chi connectivity index (χ3n) is 5.98. The van der Waals surface area contributed by atoms with Crippen molar-refractivity contribution < 1.29 is 32.6 Å². The van der Waals surface area contributed by atoms with Crippen LogP contribution in [0.3, 0.4) is 0 Å². The lowest BCUT2D eigenvalue weighted by Gasteiger charge is -2.42. The van der Waals surface area contributed by atoms with Gasteiger partial charge in [0.05, 0.1) is 11.1 Å². The molecule has 0 aliphatic heterocycles. The van der Waals surface area contributed by atoms with E-state index < -0.39 is 24.5 Å². The number of hydrogen-bond acceptors (Lipinski definition) is 3. The molecule has 0 fully saturated rings. The van der Waals surface area contributed by atoms with Crippen LogP contribution in [-0.4, -0.2) is 29.6 Å². The molecule has 3 rings (SSSR count). The highest BCUT2D eigenvalue weighted by Crippen LogP contribution is 2.48. The number of alkyl halides is 3. The summed E-state index contributed by atoms with van der Waals surface area (Å²) in [6.07, 6.45) is -2.82. The highest BCUT2D eigenvalue weighted by Gasteiger charge is 2.39. The monoisotopic (exact) mass is 434 g/mol. The van der Waals surface area contributed by atoms with E-state index in [4.69, 9.17) is 9.84 Å². The third-order valence-corrected chi connectivity index (χ3v) is 5.98. The third kappa shape index (κ3) is 4.75. The second kappa shape index (κ2) is 7.70. The van der Waals surface area contributed by atoms with E-state index in [0.29, 0.717) is 0 Å². The number of carboxylic acids is 1. The van der Waals surface area contributed by atoms with Crippen molar-refractivity contribution in [3.05, 3.63) is 64.2 Å². The summed E-state index contributed by atoms with van der Waals surface area (Å²) in [6, 6.07) is 8.51. The fraction of sp³-hybridized carbons (Fsp3) is 0.417. The normalized spacial score (nSPS) is 17.0. The number of ether oxygens (including phenoxy) is 1. The van der Waals surface area contributed by atoms with Gasteiger partial charge in [-0.1, -0.05) is 39.8 Å². The molecule has 1 aliphatic carbocycles. The Balaban J connectivity index is 2.14. The fourth-order valence-electron chi connectivity index (χ4n) is 3.97. The van der Waals surface area contributed by atoms with Gasteiger partial charge < -0.3 is 9.84 Å². The van der Waals surface area contributed by atoms with Crippen LogP contribution in [0.1, 0.15) is 77.9 Å². The molecule has 0 radical (unpaired) electrons. The molecule has 0 amide bonds. The summed E-state index contributed by atoms with van der Waals surface area (Å²) in [5.74, 6) is -1.77. The maximum atomic E-state index is 13.2. The molecule has 0 aromatic heterocycles. The Morgan fingerprint density at radius 3 is 1.90 bits per heavy atom. The molecule has 0 atom stereocenters. The Hall–Kier alpha value is -2.83. The van der Waals surface area contributed by atoms with Crippen LogP contribution < -0.4 is 4.74 Å². The minimum Gasteiger partial charge on any atom is -0.483 e. The smallest absolute Gasteiger partial charge is 0.422 e. The molecule has 1 aliphatic rings. The van der Waals surface area contributed by atoms with E-state index in [1.54, 1.807) is 12.1 Å². The van der Waals surface area contributed by atoms with Gasteiger partial charge in [-0.15, -0.1) is 0 Å². The lowest BCUT2D eigenvalue weighted by atomic mass is 9.62. The summed E-state index contributed by atoms with van der Waals surface area (Å²) in [4.78, 5) is 24.3. The van der Waals surface area contributed by atoms with Crippen LogP contribution in [0.15, 0.2) is 36.4 Å². The number of benzene rings is 2. The standard InChI is InChI=1S/C24H25F3O4/c1-22(2)9-10-23(3,4)18-12-19(31-13-24(25,26)27)16(11-17(18)22)20(28)14-5-7-15(8-6-14)21(29)30/h5-8,11-12H,9-10,13H2,1-4H3,(H,29,30). The molecule has 166 valence electrons. The SMILES string of the molecule is CC1(C)CCC(C)(C)c2cc(C(=O)c3ccc(C(=O)O)cc3)c(OCC(F)(F)F)cc21. The summed E-state index contributed by atoms with van der Waals surface area (Å²) in [5.41, 5.74) is 1.49. The van der Waals surface area contributed by atoms with E-state index in [-0.39, 0.29) is 33.3 Å². The number of carbonyl (C=O) groups is 2. The zero-order valence-electron chi connectivity index (χ0n) is 17.9. The van der Waals surface area contributed by atoms with Gasteiger partial charge in [-0.3, -0.25) is 4.79 Å². The molecule has 0 bridgehead atoms. The minimum absolute atomic E-state index is 0.0124. The molecule has 1 N–H and O–H groups in total. The molecule has 0 spiro atoms. The molecule has 4 nitrogen and oxygen atoms in total. The van der Waals surface area contributed by atoms with Gasteiger partial charge in [-0.05, 0) is 59.1 Å². The van der Waals surface area contributed by atoms with Crippen molar-refractivity contribution >= 4 is 11.8 Å². The summed E-state index contributed by atoms with van der Waals surface area (Å²) in [6.45, 7) is 6.65. The summed E-state index contributed by atoms with van der Waals surface area (Å²) >= 11 is 0. The van der Waals surface area contributed by atoms with Gasteiger partial charge in [0.15, 0.2) is 12.4 Å². The zero-order valence-corrected chi connectivity index (χ0v) is 17.9. The van der Waals surface area contributed by atoms with Crippen molar-refractivity contribution in [3.63, 3.8) is 0 Å². The van der Waals surface area contributed by atoms with Crippen molar-refractivity contribution in [2.75, 3.05) is 6.61 Å². The van der Waals surface area contributed by atoms with Crippen molar-refractivity contribution in [3.8, 4) is 5.75 Å². The zero-order chi connectivity index (χ0) is 23.2. The second-order valence-electron chi connectivity index (χ2n) is 9.28. The molecule has 2 aromatic rings. The highest BCUT2D eigenvalue weighted by atomic mass is 19.4. The fourth-order valence-corrected chi connectivity index (χ4v) is 3.97. The molecule has 2 aromatic carbocycles. The van der Waals surface area contributed by atoms with Crippen molar-refractivity contribution in [1.29, 1.82) is 0 Å². The summed E-state index contributed by atoms with van der Waals surface area (Å²) in [5, 5.41) is 9.05. The molecule has 7 heteroatoms. The first-order valence-corrected chi connectivity index (χ1v) is 9.98. The van der Waals surface area contributed by atoms with E-state index in [1.807, 2.05) is 27.7 Å². The maximum Gasteiger partial charge on any atom is 0.422 e. The molecule has 0 unspecified atom stereocenters. The molecule has 31 heavy (non-hydrogen) atoms. The number of fused-ring (bicyclic) bond motifs is 1. The average molecular weight is 434 g/mol. The molecular formula is C24H25F3O4. The van der Waals surface area contributed by atoms with Gasteiger partial charge in [-0.25, -0.2) is 4.79 Å². The Labute approximate surface area is 179 Å². The van der Waals surface area contributed by atoms with Gasteiger partial charge in [-0.2, -0.15) is 13.2 Å². The first-order chi connectivity index (χ1) is 14.2. The van der Waals surface area contributed by atoms with Crippen LogP contribution in [-0.2, 0) is 10.8 Å². The first kappa shape index (κ1) is 22.8. The maximum absolute atomic E-state index is 13.2. The largest absolute Gasteiger partial charge is 0.483 e. The van der Waals surface area contributed by atoms with E-state index >= 15 is 0 Å². The van der Waals surface area contributed by atoms with Crippen LogP contribution in [0.4, 0.5) is 13.2 Å². The van der Waals surface area contributed by atoms with E-state index in [2.05, 4.69) is 0 Å². The van der Waals surface area contributed by atoms with Crippen molar-refractivity contribution in [2.24, 2.45) is 0 Å². The van der Waals surface area contributed by atoms with Gasteiger partial charge in [0.2, 0.25) is 0 Å². The van der Waals surface area contributed by atoms with Crippen molar-refractivity contribution in [2.45, 2.75) is 57.5 Å². The van der Waals surface area contributed by atoms with Crippen LogP contribution in [0.2, 0.25) is 0 Å². The van der Waals surface area contributed by atoms with E-state index in [1.165, 1.54) is 24.3 Å². The van der Waals surface area contributed by atoms with E-state index in [0.717, 1.165) is 24.0 Å². The van der Waals surface area contributed by atoms with Gasteiger partial charge in [0.25, 0.3) is 0 Å². The lowest BCUT2D eigenvalue weighted by Crippen LogP contribution is -2.34. The predicted octanol–water partition coefficient (Wildman–Crippen LogP) is 5.91. The number of carboxylic acid groups (broad SMARTS) is 1. The average Bonchev–Trinajstić information content (AvgIpc) is 2.68. The van der Waals surface area contributed by atoms with Gasteiger partial charge in [0.1, 0.15) is 5.75 Å². The number of aromatic carboxylic acids is 1. The number of rotatable bonds is 5. The Morgan fingerprint density at radius 2 is 1.42 bits per heavy atom. The quantitative estimate of drug-likeness (QED) is 0.595. The molecule has 0 saturated heterocycles. The molecule has 0 heterocycles. The Kier molecular flexibility index (Phi) is 5.67. The number of ketones is 1. The summed E-state index contributed by atoms with van der Waals surface area (Å²) < 4.78 is 43.7. The number of hydrogen-bond donors (Lipinski definition) is 1. The summed E-state index contributed by atoms with van der Waals surface area (Å²) in [7, 11) is 0. The van der Waals surface area contributed by atoms with Crippen LogP contribution in [0.25, 0.3) is 0 Å². The van der Waals surface area contributed by atoms with Crippen molar-refractivity contribution in [1.82, 2.24) is 0 Å². The lowest BCUT2D eigenvalue weighted by molar-refractivity contribution is -0.153. The predicted molar refractivity (Wildman–Crippen MR) is 110 cm³/mol. The Morgan fingerprint density at radius 1 is 0.935 bits per heavy atom. The highest BCUT2D eigenvalue weighted by molar-refractivity contribution is 6.11. The van der Waals surface area contributed by atoms with E-state index in [9.17, 15) is 22.8 Å². The number of carbonyl (C=O) groups excluding carboxylic acids is 1. The minimum atomic E-state index is -4.55. The number of halogens is 3. The Bertz CT molecular complexity index is 1020. The van der Waals surface area contributed by atoms with Gasteiger partial charge in [0, 0.05) is 5.56 Å². The van der Waals surface area contributed by atoms with Gasteiger partial charge >= 0.3 is 12.1 Å². The topological polar surface area (TPSA) is 63.6 Å². The first-order valence-electron chi connectivity index (χ1n) is 9.98. The molecule has 0 saturated carbocycles.